The second-order valence-electron chi connectivity index (χ2n) is 2.65. The molecule has 5 heteroatoms. The van der Waals surface area contributed by atoms with Crippen LogP contribution in [0.25, 0.3) is 11.5 Å². The summed E-state index contributed by atoms with van der Waals surface area (Å²) in [5.41, 5.74) is 6.15. The summed E-state index contributed by atoms with van der Waals surface area (Å²) in [6.45, 7) is 0. The van der Waals surface area contributed by atoms with Crippen molar-refractivity contribution in [1.82, 2.24) is 15.0 Å². The van der Waals surface area contributed by atoms with E-state index in [0.29, 0.717) is 22.5 Å². The molecule has 0 fully saturated rings. The SMILES string of the molecule is Nc1cccc(-c2nccc(Cl)n2)n1. The van der Waals surface area contributed by atoms with Gasteiger partial charge in [0.1, 0.15) is 16.7 Å². The number of nitrogens with two attached hydrogens (primary N) is 1. The highest BCUT2D eigenvalue weighted by atomic mass is 35.5. The number of anilines is 1. The molecule has 2 aromatic heterocycles. The van der Waals surface area contributed by atoms with Crippen molar-refractivity contribution in [1.29, 1.82) is 0 Å². The van der Waals surface area contributed by atoms with Gasteiger partial charge in [-0.3, -0.25) is 0 Å². The molecule has 0 aliphatic carbocycles. The van der Waals surface area contributed by atoms with E-state index in [1.54, 1.807) is 30.5 Å². The normalized spacial score (nSPS) is 10.1. The maximum atomic E-state index is 5.72. The van der Waals surface area contributed by atoms with E-state index in [1.165, 1.54) is 0 Å². The van der Waals surface area contributed by atoms with Gasteiger partial charge in [0, 0.05) is 6.20 Å². The largest absolute Gasteiger partial charge is 0.384 e. The molecule has 0 unspecified atom stereocenters. The fourth-order valence-electron chi connectivity index (χ4n) is 1.04. The predicted octanol–water partition coefficient (Wildman–Crippen LogP) is 1.77. The monoisotopic (exact) mass is 206 g/mol. The molecule has 4 nitrogen and oxygen atoms in total. The minimum absolute atomic E-state index is 0.388. The van der Waals surface area contributed by atoms with E-state index in [-0.39, 0.29) is 0 Å². The van der Waals surface area contributed by atoms with E-state index in [2.05, 4.69) is 15.0 Å². The third kappa shape index (κ3) is 1.80. The molecule has 0 atom stereocenters. The van der Waals surface area contributed by atoms with E-state index >= 15 is 0 Å². The summed E-state index contributed by atoms with van der Waals surface area (Å²) < 4.78 is 0. The zero-order valence-corrected chi connectivity index (χ0v) is 7.94. The molecule has 2 rings (SSSR count). The van der Waals surface area contributed by atoms with Crippen LogP contribution in [0.2, 0.25) is 5.15 Å². The lowest BCUT2D eigenvalue weighted by Crippen LogP contribution is -1.94. The van der Waals surface area contributed by atoms with Crippen molar-refractivity contribution in [2.24, 2.45) is 0 Å². The number of halogens is 1. The van der Waals surface area contributed by atoms with Crippen LogP contribution in [-0.2, 0) is 0 Å². The zero-order chi connectivity index (χ0) is 9.97. The maximum Gasteiger partial charge on any atom is 0.179 e. The van der Waals surface area contributed by atoms with Gasteiger partial charge in [-0.1, -0.05) is 17.7 Å². The van der Waals surface area contributed by atoms with Crippen molar-refractivity contribution in [3.63, 3.8) is 0 Å². The lowest BCUT2D eigenvalue weighted by atomic mass is 10.3. The van der Waals surface area contributed by atoms with Gasteiger partial charge >= 0.3 is 0 Å². The number of pyridine rings is 1. The van der Waals surface area contributed by atoms with Gasteiger partial charge in [-0.15, -0.1) is 0 Å². The smallest absolute Gasteiger partial charge is 0.179 e. The maximum absolute atomic E-state index is 5.72. The van der Waals surface area contributed by atoms with E-state index < -0.39 is 0 Å². The standard InChI is InChI=1S/C9H7ClN4/c10-7-4-5-12-9(14-7)6-2-1-3-8(11)13-6/h1-5H,(H2,11,13). The molecule has 14 heavy (non-hydrogen) atoms. The summed E-state index contributed by atoms with van der Waals surface area (Å²) in [7, 11) is 0. The van der Waals surface area contributed by atoms with E-state index in [0.717, 1.165) is 0 Å². The lowest BCUT2D eigenvalue weighted by molar-refractivity contribution is 1.14. The molecule has 0 radical (unpaired) electrons. The van der Waals surface area contributed by atoms with Crippen molar-refractivity contribution < 1.29 is 0 Å². The molecule has 2 heterocycles. The minimum atomic E-state index is 0.388. The van der Waals surface area contributed by atoms with Crippen LogP contribution >= 0.6 is 11.6 Å². The Labute approximate surface area is 85.8 Å². The van der Waals surface area contributed by atoms with Gasteiger partial charge < -0.3 is 5.73 Å². The average molecular weight is 207 g/mol. The highest BCUT2D eigenvalue weighted by Crippen LogP contribution is 2.14. The van der Waals surface area contributed by atoms with Crippen LogP contribution in [0, 0.1) is 0 Å². The van der Waals surface area contributed by atoms with Gasteiger partial charge in [-0.05, 0) is 18.2 Å². The Kier molecular flexibility index (Phi) is 2.28. The Hall–Kier alpha value is -1.68. The molecule has 2 N–H and O–H groups in total. The first kappa shape index (κ1) is 8.90. The van der Waals surface area contributed by atoms with Crippen LogP contribution in [0.15, 0.2) is 30.5 Å². The summed E-state index contributed by atoms with van der Waals surface area (Å²) in [6.07, 6.45) is 1.58. The lowest BCUT2D eigenvalue weighted by Gasteiger charge is -1.99. The molecule has 0 bridgehead atoms. The number of rotatable bonds is 1. The van der Waals surface area contributed by atoms with E-state index in [9.17, 15) is 0 Å². The third-order valence-corrected chi connectivity index (χ3v) is 1.83. The molecule has 0 aliphatic heterocycles. The fourth-order valence-corrected chi connectivity index (χ4v) is 1.17. The summed E-state index contributed by atoms with van der Waals surface area (Å²) in [6, 6.07) is 6.88. The van der Waals surface area contributed by atoms with Crippen LogP contribution in [0.4, 0.5) is 5.82 Å². The Morgan fingerprint density at radius 3 is 2.71 bits per heavy atom. The van der Waals surface area contributed by atoms with Crippen LogP contribution < -0.4 is 5.73 Å². The van der Waals surface area contributed by atoms with Gasteiger partial charge in [0.15, 0.2) is 5.82 Å². The molecule has 0 aliphatic rings. The summed E-state index contributed by atoms with van der Waals surface area (Å²) in [5.74, 6) is 0.913. The fraction of sp³-hybridized carbons (Fsp3) is 0. The van der Waals surface area contributed by atoms with Crippen molar-refractivity contribution in [2.45, 2.75) is 0 Å². The Balaban J connectivity index is 2.49. The first-order valence-corrected chi connectivity index (χ1v) is 4.35. The van der Waals surface area contributed by atoms with Gasteiger partial charge in [-0.25, -0.2) is 15.0 Å². The van der Waals surface area contributed by atoms with Gasteiger partial charge in [0.05, 0.1) is 0 Å². The summed E-state index contributed by atoms with van der Waals surface area (Å²) in [4.78, 5) is 12.1. The predicted molar refractivity (Wildman–Crippen MR) is 54.7 cm³/mol. The molecular formula is C9H7ClN4. The van der Waals surface area contributed by atoms with Crippen LogP contribution in [0.1, 0.15) is 0 Å². The molecule has 2 aromatic rings. The summed E-state index contributed by atoms with van der Waals surface area (Å²) >= 11 is 5.72. The van der Waals surface area contributed by atoms with Crippen LogP contribution in [0.5, 0.6) is 0 Å². The molecular weight excluding hydrogens is 200 g/mol. The minimum Gasteiger partial charge on any atom is -0.384 e. The van der Waals surface area contributed by atoms with Gasteiger partial charge in [-0.2, -0.15) is 0 Å². The Bertz CT molecular complexity index is 415. The highest BCUT2D eigenvalue weighted by molar-refractivity contribution is 6.29. The number of hydrogen-bond donors (Lipinski definition) is 1. The molecule has 0 spiro atoms. The molecule has 0 aromatic carbocycles. The molecule has 0 amide bonds. The van der Waals surface area contributed by atoms with Gasteiger partial charge in [0.2, 0.25) is 0 Å². The van der Waals surface area contributed by atoms with Crippen LogP contribution in [0.3, 0.4) is 0 Å². The van der Waals surface area contributed by atoms with E-state index in [1.807, 2.05) is 0 Å². The van der Waals surface area contributed by atoms with E-state index in [4.69, 9.17) is 17.3 Å². The highest BCUT2D eigenvalue weighted by Gasteiger charge is 2.02. The average Bonchev–Trinajstić information content (AvgIpc) is 2.18. The molecule has 70 valence electrons. The van der Waals surface area contributed by atoms with Crippen molar-refractivity contribution in [3.05, 3.63) is 35.6 Å². The second-order valence-corrected chi connectivity index (χ2v) is 3.04. The first-order valence-electron chi connectivity index (χ1n) is 3.97. The van der Waals surface area contributed by atoms with Gasteiger partial charge in [0.25, 0.3) is 0 Å². The Morgan fingerprint density at radius 1 is 1.14 bits per heavy atom. The molecule has 0 saturated heterocycles. The quantitative estimate of drug-likeness (QED) is 0.723. The summed E-state index contributed by atoms with van der Waals surface area (Å²) in [5, 5.41) is 0.388. The second kappa shape index (κ2) is 3.59. The number of nitrogen functional groups attached to an aromatic ring is 1. The number of hydrogen-bond acceptors (Lipinski definition) is 4. The number of aromatic nitrogens is 3. The van der Waals surface area contributed by atoms with Crippen molar-refractivity contribution in [2.75, 3.05) is 5.73 Å². The Morgan fingerprint density at radius 2 is 2.00 bits per heavy atom. The third-order valence-electron chi connectivity index (χ3n) is 1.62. The topological polar surface area (TPSA) is 64.7 Å². The zero-order valence-electron chi connectivity index (χ0n) is 7.18. The number of nitrogens with zero attached hydrogens (tertiary/aromatic N) is 3. The molecule has 0 saturated carbocycles. The first-order chi connectivity index (χ1) is 6.75. The van der Waals surface area contributed by atoms with Crippen molar-refractivity contribution >= 4 is 17.4 Å². The van der Waals surface area contributed by atoms with Crippen LogP contribution in [-0.4, -0.2) is 15.0 Å². The van der Waals surface area contributed by atoms with Crippen molar-refractivity contribution in [3.8, 4) is 11.5 Å².